The van der Waals surface area contributed by atoms with E-state index in [1.807, 2.05) is 36.4 Å². The molecule has 0 aliphatic carbocycles. The van der Waals surface area contributed by atoms with Crippen molar-refractivity contribution in [3.63, 3.8) is 0 Å². The Morgan fingerprint density at radius 2 is 1.90 bits per heavy atom. The van der Waals surface area contributed by atoms with Crippen LogP contribution in [-0.4, -0.2) is 37.5 Å². The van der Waals surface area contributed by atoms with Crippen LogP contribution in [-0.2, 0) is 32.3 Å². The summed E-state index contributed by atoms with van der Waals surface area (Å²) < 4.78 is 16.2. The Morgan fingerprint density at radius 3 is 2.60 bits per heavy atom. The molecule has 1 heterocycles. The zero-order valence-electron chi connectivity index (χ0n) is 16.7. The van der Waals surface area contributed by atoms with Crippen LogP contribution < -0.4 is 20.1 Å². The van der Waals surface area contributed by atoms with E-state index in [2.05, 4.69) is 10.6 Å². The van der Waals surface area contributed by atoms with Crippen LogP contribution in [0.2, 0.25) is 0 Å². The molecule has 30 heavy (non-hydrogen) atoms. The van der Waals surface area contributed by atoms with Crippen molar-refractivity contribution in [1.82, 2.24) is 10.6 Å². The third kappa shape index (κ3) is 5.97. The lowest BCUT2D eigenvalue weighted by atomic mass is 10.2. The summed E-state index contributed by atoms with van der Waals surface area (Å²) in [5, 5.41) is 5.19. The van der Waals surface area contributed by atoms with E-state index < -0.39 is 24.5 Å². The van der Waals surface area contributed by atoms with Gasteiger partial charge in [-0.05, 0) is 29.7 Å². The molecule has 0 radical (unpaired) electrons. The average Bonchev–Trinajstić information content (AvgIpc) is 3.21. The molecule has 0 saturated carbocycles. The molecule has 1 aliphatic rings. The zero-order valence-corrected chi connectivity index (χ0v) is 16.7. The number of carbonyl (C=O) groups excluding carboxylic acids is 3. The lowest BCUT2D eigenvalue weighted by Crippen LogP contribution is -2.37. The van der Waals surface area contributed by atoms with Crippen molar-refractivity contribution in [2.24, 2.45) is 0 Å². The van der Waals surface area contributed by atoms with E-state index in [9.17, 15) is 14.4 Å². The normalized spacial score (nSPS) is 15.2. The highest BCUT2D eigenvalue weighted by atomic mass is 16.5. The van der Waals surface area contributed by atoms with Gasteiger partial charge in [-0.15, -0.1) is 0 Å². The summed E-state index contributed by atoms with van der Waals surface area (Å²) in [5.74, 6) is -0.0646. The Bertz CT molecular complexity index is 900. The minimum absolute atomic E-state index is 0.188. The number of esters is 1. The standard InChI is InChI=1S/C22H24N2O6/c1-28-19-11-16(7-9-18(19)29-13-15-5-3-2-4-6-15)12-23-21(26)14-30-22(27)17-8-10-20(25)24-17/h2-7,9,11,17H,8,10,12-14H2,1H3,(H,23,26)(H,24,25)/t17-/m0/s1. The molecule has 2 aromatic rings. The maximum atomic E-state index is 11.9. The largest absolute Gasteiger partial charge is 0.493 e. The Labute approximate surface area is 174 Å². The first-order chi connectivity index (χ1) is 14.5. The summed E-state index contributed by atoms with van der Waals surface area (Å²) in [6, 6.07) is 14.5. The summed E-state index contributed by atoms with van der Waals surface area (Å²) in [4.78, 5) is 34.9. The van der Waals surface area contributed by atoms with Gasteiger partial charge in [0.1, 0.15) is 12.6 Å². The minimum Gasteiger partial charge on any atom is -0.493 e. The second-order valence-electron chi connectivity index (χ2n) is 6.80. The van der Waals surface area contributed by atoms with Gasteiger partial charge in [0.05, 0.1) is 7.11 Å². The molecular weight excluding hydrogens is 388 g/mol. The molecule has 0 unspecified atom stereocenters. The maximum Gasteiger partial charge on any atom is 0.329 e. The third-order valence-electron chi connectivity index (χ3n) is 4.58. The van der Waals surface area contributed by atoms with Gasteiger partial charge in [-0.3, -0.25) is 9.59 Å². The number of methoxy groups -OCH3 is 1. The van der Waals surface area contributed by atoms with E-state index in [0.717, 1.165) is 11.1 Å². The Balaban J connectivity index is 1.46. The first-order valence-corrected chi connectivity index (χ1v) is 9.61. The molecule has 0 aromatic heterocycles. The van der Waals surface area contributed by atoms with Gasteiger partial charge in [0.15, 0.2) is 18.1 Å². The lowest BCUT2D eigenvalue weighted by molar-refractivity contribution is -0.150. The van der Waals surface area contributed by atoms with Crippen LogP contribution in [0, 0.1) is 0 Å². The van der Waals surface area contributed by atoms with Crippen molar-refractivity contribution >= 4 is 17.8 Å². The van der Waals surface area contributed by atoms with E-state index in [1.54, 1.807) is 19.2 Å². The van der Waals surface area contributed by atoms with E-state index in [0.29, 0.717) is 30.9 Å². The predicted octanol–water partition coefficient (Wildman–Crippen LogP) is 1.71. The highest BCUT2D eigenvalue weighted by Crippen LogP contribution is 2.28. The number of hydrogen-bond acceptors (Lipinski definition) is 6. The maximum absolute atomic E-state index is 11.9. The fraction of sp³-hybridized carbons (Fsp3) is 0.318. The molecule has 8 nitrogen and oxygen atoms in total. The van der Waals surface area contributed by atoms with Crippen LogP contribution in [0.4, 0.5) is 0 Å². The van der Waals surface area contributed by atoms with E-state index >= 15 is 0 Å². The number of hydrogen-bond donors (Lipinski definition) is 2. The highest BCUT2D eigenvalue weighted by molar-refractivity contribution is 5.89. The van der Waals surface area contributed by atoms with Gasteiger partial charge >= 0.3 is 5.97 Å². The lowest BCUT2D eigenvalue weighted by Gasteiger charge is -2.13. The number of amides is 2. The first kappa shape index (κ1) is 21.2. The predicted molar refractivity (Wildman–Crippen MR) is 108 cm³/mol. The molecule has 158 valence electrons. The van der Waals surface area contributed by atoms with Crippen molar-refractivity contribution in [3.8, 4) is 11.5 Å². The zero-order chi connectivity index (χ0) is 21.3. The van der Waals surface area contributed by atoms with Crippen LogP contribution in [0.3, 0.4) is 0 Å². The summed E-state index contributed by atoms with van der Waals surface area (Å²) in [6.45, 7) is 0.257. The Kier molecular flexibility index (Phi) is 7.26. The van der Waals surface area contributed by atoms with Gasteiger partial charge in [-0.1, -0.05) is 36.4 Å². The molecule has 0 bridgehead atoms. The molecule has 1 atom stereocenters. The van der Waals surface area contributed by atoms with E-state index in [4.69, 9.17) is 14.2 Å². The molecule has 0 spiro atoms. The Morgan fingerprint density at radius 1 is 1.10 bits per heavy atom. The van der Waals surface area contributed by atoms with Gasteiger partial charge in [0, 0.05) is 13.0 Å². The van der Waals surface area contributed by atoms with Crippen LogP contribution in [0.25, 0.3) is 0 Å². The quantitative estimate of drug-likeness (QED) is 0.608. The van der Waals surface area contributed by atoms with Gasteiger partial charge < -0.3 is 24.8 Å². The number of rotatable bonds is 9. The molecule has 2 amide bonds. The van der Waals surface area contributed by atoms with Crippen LogP contribution >= 0.6 is 0 Å². The summed E-state index contributed by atoms with van der Waals surface area (Å²) in [5.41, 5.74) is 1.85. The van der Waals surface area contributed by atoms with E-state index in [1.165, 1.54) is 0 Å². The third-order valence-corrected chi connectivity index (χ3v) is 4.58. The van der Waals surface area contributed by atoms with Gasteiger partial charge in [-0.25, -0.2) is 4.79 Å². The Hall–Kier alpha value is -3.55. The van der Waals surface area contributed by atoms with Crippen molar-refractivity contribution in [2.75, 3.05) is 13.7 Å². The van der Waals surface area contributed by atoms with Gasteiger partial charge in [0.25, 0.3) is 5.91 Å². The summed E-state index contributed by atoms with van der Waals surface area (Å²) >= 11 is 0. The molecule has 1 fully saturated rings. The SMILES string of the molecule is COc1cc(CNC(=O)COC(=O)[C@@H]2CCC(=O)N2)ccc1OCc1ccccc1. The van der Waals surface area contributed by atoms with Crippen molar-refractivity contribution < 1.29 is 28.6 Å². The minimum atomic E-state index is -0.669. The molecule has 8 heteroatoms. The van der Waals surface area contributed by atoms with Gasteiger partial charge in [0.2, 0.25) is 5.91 Å². The smallest absolute Gasteiger partial charge is 0.329 e. The van der Waals surface area contributed by atoms with Crippen molar-refractivity contribution in [1.29, 1.82) is 0 Å². The van der Waals surface area contributed by atoms with Crippen molar-refractivity contribution in [3.05, 3.63) is 59.7 Å². The van der Waals surface area contributed by atoms with Crippen LogP contribution in [0.15, 0.2) is 48.5 Å². The fourth-order valence-electron chi connectivity index (χ4n) is 2.96. The van der Waals surface area contributed by atoms with Crippen LogP contribution in [0.1, 0.15) is 24.0 Å². The summed E-state index contributed by atoms with van der Waals surface area (Å²) in [6.07, 6.45) is 0.677. The van der Waals surface area contributed by atoms with Crippen molar-refractivity contribution in [2.45, 2.75) is 32.0 Å². The monoisotopic (exact) mass is 412 g/mol. The molecular formula is C22H24N2O6. The molecule has 1 saturated heterocycles. The molecule has 3 rings (SSSR count). The average molecular weight is 412 g/mol. The second-order valence-corrected chi connectivity index (χ2v) is 6.80. The van der Waals surface area contributed by atoms with Crippen LogP contribution in [0.5, 0.6) is 11.5 Å². The first-order valence-electron chi connectivity index (χ1n) is 9.61. The second kappa shape index (κ2) is 10.3. The highest BCUT2D eigenvalue weighted by Gasteiger charge is 2.28. The topological polar surface area (TPSA) is 103 Å². The number of nitrogens with one attached hydrogen (secondary N) is 2. The molecule has 1 aliphatic heterocycles. The number of benzene rings is 2. The summed E-state index contributed by atoms with van der Waals surface area (Å²) in [7, 11) is 1.55. The van der Waals surface area contributed by atoms with E-state index in [-0.39, 0.29) is 12.5 Å². The number of ether oxygens (including phenoxy) is 3. The fourth-order valence-corrected chi connectivity index (χ4v) is 2.96. The molecule has 2 N–H and O–H groups in total. The van der Waals surface area contributed by atoms with Gasteiger partial charge in [-0.2, -0.15) is 0 Å². The number of carbonyl (C=O) groups is 3. The molecule has 2 aromatic carbocycles.